The molecule has 1 fully saturated rings. The number of likely N-dealkylation sites (tertiary alicyclic amines) is 1. The minimum Gasteiger partial charge on any atom is -0.444 e. The fourth-order valence-electron chi connectivity index (χ4n) is 4.24. The zero-order chi connectivity index (χ0) is 25.9. The molecule has 9 heteroatoms. The van der Waals surface area contributed by atoms with E-state index in [0.29, 0.717) is 11.6 Å². The van der Waals surface area contributed by atoms with Crippen molar-refractivity contribution in [3.63, 3.8) is 0 Å². The van der Waals surface area contributed by atoms with Gasteiger partial charge in [0.05, 0.1) is 11.4 Å². The second-order valence-corrected chi connectivity index (χ2v) is 11.8. The lowest BCUT2D eigenvalue weighted by molar-refractivity contribution is 0.0439. The number of carbonyl (C=O) groups is 2. The number of aromatic nitrogens is 1. The smallest absolute Gasteiger partial charge is 0.410 e. The van der Waals surface area contributed by atoms with Gasteiger partial charge in [-0.25, -0.2) is 9.59 Å². The molecule has 1 aliphatic heterocycles. The molecule has 0 aliphatic carbocycles. The van der Waals surface area contributed by atoms with Crippen LogP contribution in [-0.2, 0) is 9.47 Å². The number of nitrogens with zero attached hydrogens (tertiary/aromatic N) is 2. The van der Waals surface area contributed by atoms with Crippen molar-refractivity contribution in [1.29, 1.82) is 0 Å². The Morgan fingerprint density at radius 3 is 2.09 bits per heavy atom. The normalized spacial score (nSPS) is 18.9. The van der Waals surface area contributed by atoms with Gasteiger partial charge in [-0.3, -0.25) is 15.6 Å². The first kappa shape index (κ1) is 27.7. The van der Waals surface area contributed by atoms with Crippen molar-refractivity contribution < 1.29 is 19.1 Å². The highest BCUT2D eigenvalue weighted by Gasteiger charge is 2.36. The zero-order valence-corrected chi connectivity index (χ0v) is 22.5. The van der Waals surface area contributed by atoms with E-state index in [-0.39, 0.29) is 5.41 Å². The molecule has 2 amide bonds. The fraction of sp³-hybridized carbons (Fsp3) is 0.720. The number of nitrogens with one attached hydrogen (secondary N) is 3. The Morgan fingerprint density at radius 2 is 1.62 bits per heavy atom. The summed E-state index contributed by atoms with van der Waals surface area (Å²) in [5.41, 5.74) is 1.31. The number of ether oxygens (including phenoxy) is 2. The molecule has 1 saturated heterocycles. The third-order valence-electron chi connectivity index (χ3n) is 5.55. The number of anilines is 1. The third-order valence-corrected chi connectivity index (χ3v) is 5.55. The number of hydrogen-bond donors (Lipinski definition) is 3. The predicted molar refractivity (Wildman–Crippen MR) is 134 cm³/mol. The van der Waals surface area contributed by atoms with Gasteiger partial charge in [-0.2, -0.15) is 0 Å². The van der Waals surface area contributed by atoms with Crippen molar-refractivity contribution >= 4 is 17.9 Å². The Hall–Kier alpha value is -2.55. The second kappa shape index (κ2) is 10.4. The van der Waals surface area contributed by atoms with E-state index in [9.17, 15) is 9.59 Å². The molecule has 2 heterocycles. The molecule has 3 N–H and O–H groups in total. The van der Waals surface area contributed by atoms with Gasteiger partial charge in [0.25, 0.3) is 0 Å². The number of carbonyl (C=O) groups excluding carboxylic acids is 2. The summed E-state index contributed by atoms with van der Waals surface area (Å²) in [5, 5.41) is 8.54. The van der Waals surface area contributed by atoms with Gasteiger partial charge in [-0.15, -0.1) is 0 Å². The minimum atomic E-state index is -0.967. The molecule has 34 heavy (non-hydrogen) atoms. The van der Waals surface area contributed by atoms with Crippen LogP contribution in [0.1, 0.15) is 79.0 Å². The number of piperidine rings is 1. The number of hydrogen-bond acceptors (Lipinski definition) is 7. The maximum Gasteiger partial charge on any atom is 0.410 e. The second-order valence-electron chi connectivity index (χ2n) is 11.8. The quantitative estimate of drug-likeness (QED) is 0.533. The van der Waals surface area contributed by atoms with E-state index < -0.39 is 29.7 Å². The Kier molecular flexibility index (Phi) is 8.45. The molecule has 1 aromatic rings. The van der Waals surface area contributed by atoms with Crippen LogP contribution in [0, 0.1) is 12.3 Å². The first-order valence-corrected chi connectivity index (χ1v) is 11.9. The van der Waals surface area contributed by atoms with Gasteiger partial charge >= 0.3 is 12.2 Å². The topological polar surface area (TPSA) is 105 Å². The first-order valence-electron chi connectivity index (χ1n) is 11.9. The van der Waals surface area contributed by atoms with Crippen LogP contribution in [0.4, 0.5) is 15.3 Å². The average molecular weight is 478 g/mol. The van der Waals surface area contributed by atoms with Gasteiger partial charge in [0.15, 0.2) is 6.29 Å². The van der Waals surface area contributed by atoms with Gasteiger partial charge in [0, 0.05) is 12.7 Å². The Morgan fingerprint density at radius 1 is 1.09 bits per heavy atom. The minimum absolute atomic E-state index is 0.0874. The number of alkyl carbamates (subject to hydrolysis) is 2. The molecule has 1 aliphatic rings. The average Bonchev–Trinajstić information content (AvgIpc) is 2.59. The molecule has 192 valence electrons. The number of pyridine rings is 1. The molecule has 2 rings (SSSR count). The maximum absolute atomic E-state index is 12.5. The van der Waals surface area contributed by atoms with Crippen molar-refractivity contribution in [2.75, 3.05) is 25.5 Å². The highest BCUT2D eigenvalue weighted by atomic mass is 16.6. The SMILES string of the molecule is Cc1ncc(C2CCN(C)CC2(C)C)cc1NC(NC(=O)OC(C)(C)C)NC(=O)OC(C)(C)C. The monoisotopic (exact) mass is 477 g/mol. The fourth-order valence-corrected chi connectivity index (χ4v) is 4.24. The Bertz CT molecular complexity index is 843. The lowest BCUT2D eigenvalue weighted by Crippen LogP contribution is -2.54. The van der Waals surface area contributed by atoms with E-state index >= 15 is 0 Å². The molecule has 0 aromatic carbocycles. The van der Waals surface area contributed by atoms with Crippen molar-refractivity contribution in [2.45, 2.75) is 92.1 Å². The van der Waals surface area contributed by atoms with Crippen molar-refractivity contribution in [1.82, 2.24) is 20.5 Å². The van der Waals surface area contributed by atoms with Crippen LogP contribution < -0.4 is 16.0 Å². The first-order chi connectivity index (χ1) is 15.4. The standard InChI is InChI=1S/C25H43N5O4/c1-16-19(13-17(14-26-16)18-11-12-30(10)15-25(18,8)9)27-20(28-21(31)33-23(2,3)4)29-22(32)34-24(5,6)7/h13-14,18,20,27H,11-12,15H2,1-10H3,(H,28,31)(H,29,32). The highest BCUT2D eigenvalue weighted by Crippen LogP contribution is 2.42. The summed E-state index contributed by atoms with van der Waals surface area (Å²) in [6, 6.07) is 2.06. The largest absolute Gasteiger partial charge is 0.444 e. The van der Waals surface area contributed by atoms with E-state index in [2.05, 4.69) is 52.8 Å². The van der Waals surface area contributed by atoms with Gasteiger partial charge < -0.3 is 19.7 Å². The molecule has 1 aromatic heterocycles. The third kappa shape index (κ3) is 8.66. The number of amides is 2. The molecule has 9 nitrogen and oxygen atoms in total. The van der Waals surface area contributed by atoms with E-state index in [1.807, 2.05) is 13.1 Å². The van der Waals surface area contributed by atoms with E-state index in [0.717, 1.165) is 30.8 Å². The summed E-state index contributed by atoms with van der Waals surface area (Å²) in [6.45, 7) is 19.1. The van der Waals surface area contributed by atoms with E-state index in [4.69, 9.17) is 9.47 Å². The summed E-state index contributed by atoms with van der Waals surface area (Å²) in [7, 11) is 2.15. The number of aryl methyl sites for hydroxylation is 1. The Labute approximate surface area is 204 Å². The van der Waals surface area contributed by atoms with E-state index in [1.54, 1.807) is 41.5 Å². The lowest BCUT2D eigenvalue weighted by Gasteiger charge is -2.43. The van der Waals surface area contributed by atoms with Gasteiger partial charge in [0.1, 0.15) is 11.2 Å². The summed E-state index contributed by atoms with van der Waals surface area (Å²) >= 11 is 0. The van der Waals surface area contributed by atoms with Crippen LogP contribution >= 0.6 is 0 Å². The highest BCUT2D eigenvalue weighted by molar-refractivity contribution is 5.72. The zero-order valence-electron chi connectivity index (χ0n) is 22.5. The van der Waals surface area contributed by atoms with Crippen LogP contribution in [0.15, 0.2) is 12.3 Å². The van der Waals surface area contributed by atoms with Gasteiger partial charge in [0.2, 0.25) is 0 Å². The molecule has 0 spiro atoms. The maximum atomic E-state index is 12.5. The summed E-state index contributed by atoms with van der Waals surface area (Å²) in [5.74, 6) is 0.341. The molecule has 1 atom stereocenters. The van der Waals surface area contributed by atoms with Crippen molar-refractivity contribution in [3.8, 4) is 0 Å². The van der Waals surface area contributed by atoms with Crippen LogP contribution in [-0.4, -0.2) is 59.7 Å². The van der Waals surface area contributed by atoms with Gasteiger partial charge in [-0.1, -0.05) is 13.8 Å². The summed E-state index contributed by atoms with van der Waals surface area (Å²) in [6.07, 6.45) is 0.656. The predicted octanol–water partition coefficient (Wildman–Crippen LogP) is 4.58. The summed E-state index contributed by atoms with van der Waals surface area (Å²) in [4.78, 5) is 31.9. The van der Waals surface area contributed by atoms with Crippen LogP contribution in [0.3, 0.4) is 0 Å². The molecule has 0 saturated carbocycles. The van der Waals surface area contributed by atoms with Gasteiger partial charge in [-0.05, 0) is 91.4 Å². The van der Waals surface area contributed by atoms with Crippen molar-refractivity contribution in [2.24, 2.45) is 5.41 Å². The number of rotatable bonds is 5. The molecule has 0 radical (unpaired) electrons. The molecular formula is C25H43N5O4. The molecule has 1 unspecified atom stereocenters. The lowest BCUT2D eigenvalue weighted by atomic mass is 9.71. The molecule has 0 bridgehead atoms. The van der Waals surface area contributed by atoms with Crippen LogP contribution in [0.25, 0.3) is 0 Å². The van der Waals surface area contributed by atoms with Crippen LogP contribution in [0.5, 0.6) is 0 Å². The van der Waals surface area contributed by atoms with E-state index in [1.165, 1.54) is 0 Å². The Balaban J connectivity index is 2.27. The molecular weight excluding hydrogens is 434 g/mol. The summed E-state index contributed by atoms with van der Waals surface area (Å²) < 4.78 is 10.7. The van der Waals surface area contributed by atoms with Crippen LogP contribution in [0.2, 0.25) is 0 Å². The van der Waals surface area contributed by atoms with Crippen molar-refractivity contribution in [3.05, 3.63) is 23.5 Å².